The Labute approximate surface area is 220 Å². The number of para-hydroxylation sites is 1. The molecule has 0 aliphatic heterocycles. The normalized spacial score (nSPS) is 9.97. The zero-order chi connectivity index (χ0) is 28.9. The van der Waals surface area contributed by atoms with Crippen molar-refractivity contribution < 1.29 is 33.8 Å². The van der Waals surface area contributed by atoms with E-state index in [4.69, 9.17) is 14.6 Å². The number of amides is 2. The van der Waals surface area contributed by atoms with Crippen molar-refractivity contribution in [1.29, 1.82) is 0 Å². The Morgan fingerprint density at radius 2 is 1.76 bits per heavy atom. The monoisotopic (exact) mass is 523 g/mol. The molecule has 2 rings (SSSR count). The largest absolute Gasteiger partial charge is 0.480 e. The van der Waals surface area contributed by atoms with Gasteiger partial charge in [-0.1, -0.05) is 39.0 Å². The van der Waals surface area contributed by atoms with Crippen LogP contribution in [0.15, 0.2) is 30.5 Å². The number of carboxylic acid groups (broad SMARTS) is 1. The van der Waals surface area contributed by atoms with E-state index in [9.17, 15) is 19.2 Å². The number of aromatic amines is 1. The van der Waals surface area contributed by atoms with Crippen molar-refractivity contribution in [2.24, 2.45) is 5.92 Å². The van der Waals surface area contributed by atoms with Crippen LogP contribution in [0.2, 0.25) is 0 Å². The lowest BCUT2D eigenvalue weighted by Gasteiger charge is -2.18. The van der Waals surface area contributed by atoms with Crippen LogP contribution < -0.4 is 10.6 Å². The maximum Gasteiger partial charge on any atom is 0.408 e. The molecule has 2 aromatic rings. The minimum absolute atomic E-state index is 0.00505. The number of benzene rings is 1. The Morgan fingerprint density at radius 1 is 1.14 bits per heavy atom. The smallest absolute Gasteiger partial charge is 0.408 e. The summed E-state index contributed by atoms with van der Waals surface area (Å²) in [4.78, 5) is 43.9. The van der Waals surface area contributed by atoms with E-state index in [1.165, 1.54) is 22.9 Å². The fourth-order valence-electron chi connectivity index (χ4n) is 2.31. The number of aliphatic carboxylic acids is 1. The zero-order valence-electron chi connectivity index (χ0n) is 23.5. The number of carbonyl (C=O) groups excluding carboxylic acids is 3. The van der Waals surface area contributed by atoms with Gasteiger partial charge in [0.25, 0.3) is 0 Å². The van der Waals surface area contributed by atoms with Crippen molar-refractivity contribution in [3.05, 3.63) is 36.0 Å². The highest BCUT2D eigenvalue weighted by Gasteiger charge is 2.15. The van der Waals surface area contributed by atoms with Crippen molar-refractivity contribution in [1.82, 2.24) is 15.6 Å². The number of aromatic nitrogens is 1. The van der Waals surface area contributed by atoms with E-state index in [1.54, 1.807) is 34.8 Å². The van der Waals surface area contributed by atoms with Gasteiger partial charge in [-0.15, -0.1) is 0 Å². The summed E-state index contributed by atoms with van der Waals surface area (Å²) in [7, 11) is 1.74. The number of rotatable bonds is 8. The molecule has 0 aliphatic rings. The van der Waals surface area contributed by atoms with Gasteiger partial charge in [-0.25, -0.2) is 4.79 Å². The second kappa shape index (κ2) is 20.8. The standard InChI is InChI=1S/C9H9N.C7H13NO3.C6H14O.C5H9NO3/c1-7-6-10-9-5-3-2-4-8(7)9;1-7(2,3)11-6(10)8-4-5-9;1-6(2)4-5-7-3;1-2-4(7)6-3-5(8)9/h2-6,10H,1H3;5H,4H2,1-3H3,(H,8,10);6H,4-5H2,1-3H3;2-3H2,1H3,(H,6,7)(H,8,9). The average Bonchev–Trinajstić information content (AvgIpc) is 3.21. The van der Waals surface area contributed by atoms with Crippen molar-refractivity contribution in [3.63, 3.8) is 0 Å². The number of methoxy groups -OCH3 is 1. The van der Waals surface area contributed by atoms with Crippen LogP contribution in [0.1, 0.15) is 59.9 Å². The zero-order valence-corrected chi connectivity index (χ0v) is 23.5. The maximum absolute atomic E-state index is 10.7. The summed E-state index contributed by atoms with van der Waals surface area (Å²) in [6.07, 6.45) is 3.57. The van der Waals surface area contributed by atoms with Gasteiger partial charge in [-0.3, -0.25) is 9.59 Å². The third-order valence-corrected chi connectivity index (χ3v) is 4.18. The minimum Gasteiger partial charge on any atom is -0.480 e. The molecule has 0 spiro atoms. The summed E-state index contributed by atoms with van der Waals surface area (Å²) in [5, 5.41) is 13.8. The molecule has 1 aromatic heterocycles. The van der Waals surface area contributed by atoms with E-state index in [2.05, 4.69) is 54.6 Å². The Bertz CT molecular complexity index is 918. The number of ether oxygens (including phenoxy) is 2. The number of alkyl carbamates (subject to hydrolysis) is 1. The highest BCUT2D eigenvalue weighted by atomic mass is 16.6. The number of hydrogen-bond donors (Lipinski definition) is 4. The predicted octanol–water partition coefficient (Wildman–Crippen LogP) is 4.46. The molecule has 0 fully saturated rings. The first-order chi connectivity index (χ1) is 17.3. The highest BCUT2D eigenvalue weighted by molar-refractivity contribution is 5.82. The number of aryl methyl sites for hydroxylation is 1. The molecule has 0 bridgehead atoms. The molecule has 37 heavy (non-hydrogen) atoms. The first-order valence-corrected chi connectivity index (χ1v) is 12.2. The number of carboxylic acids is 1. The molecular weight excluding hydrogens is 478 g/mol. The van der Waals surface area contributed by atoms with Gasteiger partial charge in [-0.2, -0.15) is 0 Å². The molecule has 10 heteroatoms. The first kappa shape index (κ1) is 35.8. The lowest BCUT2D eigenvalue weighted by atomic mass is 10.1. The quantitative estimate of drug-likeness (QED) is 0.373. The number of fused-ring (bicyclic) bond motifs is 1. The second-order valence-corrected chi connectivity index (χ2v) is 9.27. The summed E-state index contributed by atoms with van der Waals surface area (Å²) in [5.41, 5.74) is 2.03. The van der Waals surface area contributed by atoms with E-state index in [0.29, 0.717) is 12.7 Å². The molecule has 210 valence electrons. The first-order valence-electron chi connectivity index (χ1n) is 12.2. The van der Waals surface area contributed by atoms with Gasteiger partial charge < -0.3 is 35.0 Å². The summed E-state index contributed by atoms with van der Waals surface area (Å²) in [6.45, 7) is 14.0. The van der Waals surface area contributed by atoms with Crippen LogP contribution in [0.4, 0.5) is 4.79 Å². The highest BCUT2D eigenvalue weighted by Crippen LogP contribution is 2.15. The lowest BCUT2D eigenvalue weighted by Crippen LogP contribution is -2.33. The molecule has 1 heterocycles. The van der Waals surface area contributed by atoms with Crippen LogP contribution in [0.25, 0.3) is 10.9 Å². The van der Waals surface area contributed by atoms with Crippen molar-refractivity contribution in [2.45, 2.75) is 66.9 Å². The Kier molecular flexibility index (Phi) is 20.1. The molecule has 2 amide bonds. The number of aldehydes is 1. The molecule has 0 radical (unpaired) electrons. The lowest BCUT2D eigenvalue weighted by molar-refractivity contribution is -0.137. The molecule has 0 atom stereocenters. The summed E-state index contributed by atoms with van der Waals surface area (Å²) < 4.78 is 9.68. The van der Waals surface area contributed by atoms with E-state index in [1.807, 2.05) is 12.3 Å². The van der Waals surface area contributed by atoms with Crippen LogP contribution >= 0.6 is 0 Å². The van der Waals surface area contributed by atoms with Crippen molar-refractivity contribution in [2.75, 3.05) is 26.8 Å². The van der Waals surface area contributed by atoms with E-state index < -0.39 is 17.7 Å². The third kappa shape index (κ3) is 22.8. The number of carbonyl (C=O) groups is 4. The molecule has 4 N–H and O–H groups in total. The summed E-state index contributed by atoms with van der Waals surface area (Å²) >= 11 is 0. The Balaban J connectivity index is 0. The Morgan fingerprint density at radius 3 is 2.19 bits per heavy atom. The van der Waals surface area contributed by atoms with Crippen LogP contribution in [-0.4, -0.2) is 66.8 Å². The van der Waals surface area contributed by atoms with E-state index >= 15 is 0 Å². The van der Waals surface area contributed by atoms with Crippen LogP contribution in [0, 0.1) is 12.8 Å². The number of nitrogens with one attached hydrogen (secondary N) is 3. The number of H-pyrrole nitrogens is 1. The van der Waals surface area contributed by atoms with E-state index in [0.717, 1.165) is 12.5 Å². The minimum atomic E-state index is -1.02. The van der Waals surface area contributed by atoms with Crippen LogP contribution in [0.5, 0.6) is 0 Å². The van der Waals surface area contributed by atoms with Gasteiger partial charge in [0.05, 0.1) is 6.54 Å². The maximum atomic E-state index is 10.7. The van der Waals surface area contributed by atoms with Crippen LogP contribution in [-0.2, 0) is 23.9 Å². The fourth-order valence-corrected chi connectivity index (χ4v) is 2.31. The number of hydrogen-bond acceptors (Lipinski definition) is 6. The molecule has 10 nitrogen and oxygen atoms in total. The van der Waals surface area contributed by atoms with Gasteiger partial charge in [0.1, 0.15) is 18.4 Å². The van der Waals surface area contributed by atoms with Crippen molar-refractivity contribution >= 4 is 35.2 Å². The van der Waals surface area contributed by atoms with Gasteiger partial charge in [-0.05, 0) is 51.7 Å². The van der Waals surface area contributed by atoms with Gasteiger partial charge in [0.2, 0.25) is 5.91 Å². The second-order valence-electron chi connectivity index (χ2n) is 9.27. The predicted molar refractivity (Wildman–Crippen MR) is 146 cm³/mol. The molecule has 0 saturated carbocycles. The van der Waals surface area contributed by atoms with Gasteiger partial charge >= 0.3 is 12.1 Å². The molecule has 0 unspecified atom stereocenters. The average molecular weight is 524 g/mol. The Hall–Kier alpha value is -3.40. The summed E-state index contributed by atoms with van der Waals surface area (Å²) in [5.74, 6) is -0.478. The molecule has 1 aromatic carbocycles. The SMILES string of the molecule is CC(C)(C)OC(=O)NCC=O.CCC(=O)NCC(=O)O.COCCC(C)C.Cc1c[nH]c2ccccc12. The topological polar surface area (TPSA) is 147 Å². The molecule has 0 saturated heterocycles. The van der Waals surface area contributed by atoms with E-state index in [-0.39, 0.29) is 19.0 Å². The van der Waals surface area contributed by atoms with Gasteiger partial charge in [0.15, 0.2) is 0 Å². The van der Waals surface area contributed by atoms with Crippen molar-refractivity contribution in [3.8, 4) is 0 Å². The van der Waals surface area contributed by atoms with Crippen LogP contribution in [0.3, 0.4) is 0 Å². The molecule has 0 aliphatic carbocycles. The summed E-state index contributed by atoms with van der Waals surface area (Å²) in [6, 6.07) is 8.31. The third-order valence-electron chi connectivity index (χ3n) is 4.18. The molecular formula is C27H45N3O7. The van der Waals surface area contributed by atoms with Gasteiger partial charge in [0, 0.05) is 37.2 Å². The fraction of sp³-hybridized carbons (Fsp3) is 0.556.